The molecule has 0 bridgehead atoms. The molecule has 1 N–H and O–H groups in total. The Kier molecular flexibility index (Phi) is 6.33. The second-order valence-corrected chi connectivity index (χ2v) is 8.76. The fraction of sp³-hybridized carbons (Fsp3) is 0.333. The lowest BCUT2D eigenvalue weighted by Gasteiger charge is -2.19. The van der Waals surface area contributed by atoms with E-state index in [0.29, 0.717) is 28.5 Å². The zero-order valence-electron chi connectivity index (χ0n) is 15.2. The van der Waals surface area contributed by atoms with Crippen LogP contribution in [0.2, 0.25) is 0 Å². The van der Waals surface area contributed by atoms with Crippen molar-refractivity contribution in [2.24, 2.45) is 0 Å². The van der Waals surface area contributed by atoms with E-state index in [4.69, 9.17) is 0 Å². The van der Waals surface area contributed by atoms with E-state index in [-0.39, 0.29) is 16.6 Å². The predicted molar refractivity (Wildman–Crippen MR) is 104 cm³/mol. The number of ketones is 1. The summed E-state index contributed by atoms with van der Waals surface area (Å²) in [6, 6.07) is 7.87. The summed E-state index contributed by atoms with van der Waals surface area (Å²) in [5.74, 6) is -0.472. The van der Waals surface area contributed by atoms with E-state index in [9.17, 15) is 18.0 Å². The van der Waals surface area contributed by atoms with E-state index in [0.717, 1.165) is 16.9 Å². The molecule has 1 aromatic carbocycles. The molecule has 8 heteroatoms. The Morgan fingerprint density at radius 3 is 2.23 bits per heavy atom. The first-order valence-corrected chi connectivity index (χ1v) is 10.5. The van der Waals surface area contributed by atoms with Gasteiger partial charge < -0.3 is 5.32 Å². The third kappa shape index (κ3) is 4.20. The predicted octanol–water partition coefficient (Wildman–Crippen LogP) is 3.54. The van der Waals surface area contributed by atoms with Crippen molar-refractivity contribution in [2.45, 2.75) is 32.6 Å². The topological polar surface area (TPSA) is 83.6 Å². The van der Waals surface area contributed by atoms with Gasteiger partial charge in [-0.05, 0) is 43.7 Å². The van der Waals surface area contributed by atoms with Gasteiger partial charge in [0.25, 0.3) is 5.91 Å². The number of carbonyl (C=O) groups excluding carboxylic acids is 2. The summed E-state index contributed by atoms with van der Waals surface area (Å²) < 4.78 is 26.7. The van der Waals surface area contributed by atoms with Gasteiger partial charge in [-0.2, -0.15) is 4.31 Å². The second kappa shape index (κ2) is 8.11. The number of nitrogens with zero attached hydrogens (tertiary/aromatic N) is 1. The van der Waals surface area contributed by atoms with Gasteiger partial charge in [0.2, 0.25) is 10.0 Å². The highest BCUT2D eigenvalue weighted by molar-refractivity contribution is 7.89. The van der Waals surface area contributed by atoms with Crippen LogP contribution < -0.4 is 5.32 Å². The summed E-state index contributed by atoms with van der Waals surface area (Å²) in [6.07, 6.45) is 0. The molecule has 0 aliphatic rings. The van der Waals surface area contributed by atoms with Gasteiger partial charge in [0.15, 0.2) is 5.78 Å². The number of nitrogens with one attached hydrogen (secondary N) is 1. The first-order valence-electron chi connectivity index (χ1n) is 8.23. The van der Waals surface area contributed by atoms with Crippen LogP contribution >= 0.6 is 11.3 Å². The summed E-state index contributed by atoms with van der Waals surface area (Å²) in [6.45, 7) is 7.54. The lowest BCUT2D eigenvalue weighted by Crippen LogP contribution is -2.30. The molecule has 1 aromatic heterocycles. The molecule has 0 atom stereocenters. The summed E-state index contributed by atoms with van der Waals surface area (Å²) in [5, 5.41) is 2.74. The van der Waals surface area contributed by atoms with Crippen LogP contribution in [0.15, 0.2) is 35.2 Å². The maximum Gasteiger partial charge on any atom is 0.265 e. The smallest absolute Gasteiger partial charge is 0.265 e. The van der Waals surface area contributed by atoms with E-state index in [1.807, 2.05) is 0 Å². The van der Waals surface area contributed by atoms with Gasteiger partial charge in [0.1, 0.15) is 0 Å². The summed E-state index contributed by atoms with van der Waals surface area (Å²) in [7, 11) is -3.61. The molecule has 0 radical (unpaired) electrons. The minimum absolute atomic E-state index is 0.0995. The van der Waals surface area contributed by atoms with Gasteiger partial charge in [0.05, 0.1) is 14.6 Å². The molecular weight excluding hydrogens is 372 g/mol. The number of sulfonamides is 1. The Balaban J connectivity index is 2.32. The molecule has 1 amide bonds. The van der Waals surface area contributed by atoms with Crippen molar-refractivity contribution in [3.8, 4) is 0 Å². The van der Waals surface area contributed by atoms with E-state index < -0.39 is 10.0 Å². The summed E-state index contributed by atoms with van der Waals surface area (Å²) in [5.41, 5.74) is 1.18. The third-order valence-electron chi connectivity index (χ3n) is 3.98. The molecule has 0 fully saturated rings. The van der Waals surface area contributed by atoms with Crippen molar-refractivity contribution in [1.29, 1.82) is 0 Å². The first kappa shape index (κ1) is 20.3. The van der Waals surface area contributed by atoms with Crippen molar-refractivity contribution < 1.29 is 18.0 Å². The lowest BCUT2D eigenvalue weighted by molar-refractivity contribution is 0.101. The Morgan fingerprint density at radius 1 is 1.08 bits per heavy atom. The van der Waals surface area contributed by atoms with Crippen LogP contribution in [0.4, 0.5) is 5.69 Å². The molecule has 2 rings (SSSR count). The van der Waals surface area contributed by atoms with E-state index in [2.05, 4.69) is 5.32 Å². The molecule has 0 spiro atoms. The van der Waals surface area contributed by atoms with E-state index in [1.54, 1.807) is 39.0 Å². The number of thiophene rings is 1. The number of aryl methyl sites for hydroxylation is 1. The van der Waals surface area contributed by atoms with E-state index >= 15 is 0 Å². The molecule has 0 unspecified atom stereocenters. The van der Waals surface area contributed by atoms with Crippen LogP contribution in [0.3, 0.4) is 0 Å². The maximum absolute atomic E-state index is 12.7. The minimum atomic E-state index is -3.61. The first-order chi connectivity index (χ1) is 12.2. The number of hydrogen-bond donors (Lipinski definition) is 1. The SMILES string of the molecule is CCN(CC)S(=O)(=O)c1ccc(C)c(NC(=O)c2ccc(C(C)=O)s2)c1. The fourth-order valence-electron chi connectivity index (χ4n) is 2.44. The van der Waals surface area contributed by atoms with Crippen LogP contribution in [-0.2, 0) is 10.0 Å². The number of anilines is 1. The zero-order valence-corrected chi connectivity index (χ0v) is 16.8. The largest absolute Gasteiger partial charge is 0.321 e. The number of rotatable bonds is 7. The Hall–Kier alpha value is -2.03. The van der Waals surface area contributed by atoms with Crippen molar-refractivity contribution in [2.75, 3.05) is 18.4 Å². The molecule has 2 aromatic rings. The normalized spacial score (nSPS) is 11.6. The highest BCUT2D eigenvalue weighted by Gasteiger charge is 2.22. The maximum atomic E-state index is 12.7. The van der Waals surface area contributed by atoms with Gasteiger partial charge in [-0.3, -0.25) is 9.59 Å². The molecule has 0 aliphatic carbocycles. The molecule has 140 valence electrons. The zero-order chi connectivity index (χ0) is 19.5. The van der Waals surface area contributed by atoms with Gasteiger partial charge in [0, 0.05) is 18.8 Å². The molecule has 0 aliphatic heterocycles. The van der Waals surface area contributed by atoms with Gasteiger partial charge in [-0.25, -0.2) is 8.42 Å². The highest BCUT2D eigenvalue weighted by Crippen LogP contribution is 2.25. The van der Waals surface area contributed by atoms with Crippen molar-refractivity contribution in [3.63, 3.8) is 0 Å². The standard InChI is InChI=1S/C18H22N2O4S2/c1-5-20(6-2)26(23,24)14-8-7-12(3)15(11-14)19-18(22)17-10-9-16(25-17)13(4)21/h7-11H,5-6H2,1-4H3,(H,19,22). The highest BCUT2D eigenvalue weighted by atomic mass is 32.2. The third-order valence-corrected chi connectivity index (χ3v) is 7.21. The van der Waals surface area contributed by atoms with Crippen LogP contribution in [-0.4, -0.2) is 37.5 Å². The van der Waals surface area contributed by atoms with Crippen LogP contribution in [0.25, 0.3) is 0 Å². The Morgan fingerprint density at radius 2 is 1.69 bits per heavy atom. The second-order valence-electron chi connectivity index (χ2n) is 5.74. The van der Waals surface area contributed by atoms with Gasteiger partial charge >= 0.3 is 0 Å². The Labute approximate surface area is 157 Å². The number of carbonyl (C=O) groups is 2. The number of benzene rings is 1. The number of Topliss-reactive ketones (excluding diaryl/α,β-unsaturated/α-hetero) is 1. The quantitative estimate of drug-likeness (QED) is 0.728. The van der Waals surface area contributed by atoms with Crippen LogP contribution in [0.1, 0.15) is 45.7 Å². The monoisotopic (exact) mass is 394 g/mol. The number of hydrogen-bond acceptors (Lipinski definition) is 5. The molecule has 0 saturated heterocycles. The number of amides is 1. The molecular formula is C18H22N2O4S2. The lowest BCUT2D eigenvalue weighted by atomic mass is 10.2. The van der Waals surface area contributed by atoms with Crippen molar-refractivity contribution in [3.05, 3.63) is 45.6 Å². The molecule has 1 heterocycles. The average molecular weight is 395 g/mol. The van der Waals surface area contributed by atoms with Crippen LogP contribution in [0.5, 0.6) is 0 Å². The van der Waals surface area contributed by atoms with Crippen LogP contribution in [0, 0.1) is 6.92 Å². The summed E-state index contributed by atoms with van der Waals surface area (Å²) in [4.78, 5) is 24.9. The fourth-order valence-corrected chi connectivity index (χ4v) is 4.72. The average Bonchev–Trinajstić information content (AvgIpc) is 3.08. The molecule has 6 nitrogen and oxygen atoms in total. The summed E-state index contributed by atoms with van der Waals surface area (Å²) >= 11 is 1.11. The minimum Gasteiger partial charge on any atom is -0.321 e. The molecule has 26 heavy (non-hydrogen) atoms. The van der Waals surface area contributed by atoms with Gasteiger partial charge in [-0.15, -0.1) is 11.3 Å². The Bertz CT molecular complexity index is 928. The van der Waals surface area contributed by atoms with Gasteiger partial charge in [-0.1, -0.05) is 19.9 Å². The van der Waals surface area contributed by atoms with Crippen molar-refractivity contribution in [1.82, 2.24) is 4.31 Å². The van der Waals surface area contributed by atoms with Crippen molar-refractivity contribution >= 4 is 38.7 Å². The molecule has 0 saturated carbocycles. The van der Waals surface area contributed by atoms with E-state index in [1.165, 1.54) is 23.4 Å².